The van der Waals surface area contributed by atoms with Crippen molar-refractivity contribution in [1.82, 2.24) is 20.4 Å². The minimum Gasteiger partial charge on any atom is -0.494 e. The van der Waals surface area contributed by atoms with E-state index in [1.807, 2.05) is 48.5 Å². The van der Waals surface area contributed by atoms with Gasteiger partial charge in [-0.1, -0.05) is 153 Å². The number of thioether (sulfide) groups is 2. The summed E-state index contributed by atoms with van der Waals surface area (Å²) < 4.78 is 34.7. The summed E-state index contributed by atoms with van der Waals surface area (Å²) in [4.78, 5) is 25.5. The van der Waals surface area contributed by atoms with Gasteiger partial charge in [-0.15, -0.1) is 20.4 Å². The smallest absolute Gasteiger partial charge is 0.343 e. The zero-order chi connectivity index (χ0) is 50.3. The number of carbonyl (C=O) groups excluding carboxylic acids is 2. The summed E-state index contributed by atoms with van der Waals surface area (Å²) in [5.74, 6) is 4.24. The molecular weight excluding hydrogens is 945 g/mol. The first-order valence-electron chi connectivity index (χ1n) is 26.5. The lowest BCUT2D eigenvalue weighted by Gasteiger charge is -2.08. The normalized spacial score (nSPS) is 11.2. The molecule has 72 heavy (non-hydrogen) atoms. The summed E-state index contributed by atoms with van der Waals surface area (Å²) in [6, 6.07) is 28.4. The Hall–Kier alpha value is -5.60. The number of hydrogen-bond donors (Lipinski definition) is 0. The first-order valence-corrected chi connectivity index (χ1v) is 28.5. The molecule has 0 bridgehead atoms. The van der Waals surface area contributed by atoms with E-state index in [1.54, 1.807) is 72.1 Å². The minimum atomic E-state index is -0.428. The number of benzene rings is 4. The second-order valence-electron chi connectivity index (χ2n) is 18.1. The highest BCUT2D eigenvalue weighted by Crippen LogP contribution is 2.29. The lowest BCUT2D eigenvalue weighted by molar-refractivity contribution is 0.0725. The van der Waals surface area contributed by atoms with Crippen LogP contribution >= 0.6 is 23.5 Å². The van der Waals surface area contributed by atoms with Gasteiger partial charge in [0.1, 0.15) is 23.0 Å². The molecular formula is C58H74N4O8S2. The van der Waals surface area contributed by atoms with Gasteiger partial charge in [0.25, 0.3) is 10.4 Å². The van der Waals surface area contributed by atoms with Gasteiger partial charge in [-0.25, -0.2) is 9.59 Å². The maximum absolute atomic E-state index is 12.8. The predicted octanol–water partition coefficient (Wildman–Crippen LogP) is 16.5. The summed E-state index contributed by atoms with van der Waals surface area (Å²) in [5.41, 5.74) is 2.45. The molecule has 0 amide bonds. The van der Waals surface area contributed by atoms with Crippen LogP contribution in [-0.4, -0.2) is 57.1 Å². The Bertz CT molecular complexity index is 2240. The van der Waals surface area contributed by atoms with E-state index in [2.05, 4.69) is 34.2 Å². The molecule has 0 unspecified atom stereocenters. The van der Waals surface area contributed by atoms with Crippen molar-refractivity contribution in [2.45, 2.75) is 166 Å². The molecule has 2 heterocycles. The molecule has 4 aromatic carbocycles. The molecule has 2 aromatic heterocycles. The topological polar surface area (TPSA) is 149 Å². The fourth-order valence-electron chi connectivity index (χ4n) is 7.89. The number of rotatable bonds is 37. The molecule has 0 atom stereocenters. The molecule has 0 saturated carbocycles. The van der Waals surface area contributed by atoms with Crippen molar-refractivity contribution in [1.29, 1.82) is 0 Å². The molecule has 14 heteroatoms. The number of esters is 2. The Morgan fingerprint density at radius 3 is 1.07 bits per heavy atom. The molecule has 0 aliphatic rings. The van der Waals surface area contributed by atoms with E-state index in [0.29, 0.717) is 58.1 Å². The van der Waals surface area contributed by atoms with Crippen LogP contribution in [0.3, 0.4) is 0 Å². The van der Waals surface area contributed by atoms with Crippen LogP contribution < -0.4 is 18.9 Å². The highest BCUT2D eigenvalue weighted by atomic mass is 32.2. The molecule has 0 saturated heterocycles. The Balaban J connectivity index is 0.753. The van der Waals surface area contributed by atoms with Crippen molar-refractivity contribution in [3.63, 3.8) is 0 Å². The van der Waals surface area contributed by atoms with Crippen LogP contribution in [0.15, 0.2) is 116 Å². The SMILES string of the molecule is CCCCCCCCCOc1ccc(C(=O)Oc2ccc(-c3nnc(SCCCCCCCCCCSc4nnc(-c5ccc(OC(=O)c6ccc(OCCCCCCCCC)cc6)cc5)o4)o3)cc2)cc1. The van der Waals surface area contributed by atoms with Crippen molar-refractivity contribution in [2.24, 2.45) is 0 Å². The van der Waals surface area contributed by atoms with E-state index in [4.69, 9.17) is 27.8 Å². The second-order valence-corrected chi connectivity index (χ2v) is 20.2. The average Bonchev–Trinajstić information content (AvgIpc) is 4.10. The molecule has 0 N–H and O–H groups in total. The van der Waals surface area contributed by atoms with Crippen molar-refractivity contribution < 1.29 is 37.4 Å². The molecule has 6 aromatic rings. The number of carbonyl (C=O) groups is 2. The monoisotopic (exact) mass is 1020 g/mol. The van der Waals surface area contributed by atoms with Gasteiger partial charge >= 0.3 is 11.9 Å². The quantitative estimate of drug-likeness (QED) is 0.0158. The molecule has 0 spiro atoms. The van der Waals surface area contributed by atoms with Gasteiger partial charge in [-0.3, -0.25) is 0 Å². The molecule has 6 rings (SSSR count). The van der Waals surface area contributed by atoms with Gasteiger partial charge in [0, 0.05) is 22.6 Å². The highest BCUT2D eigenvalue weighted by molar-refractivity contribution is 7.99. The number of hydrogen-bond acceptors (Lipinski definition) is 14. The van der Waals surface area contributed by atoms with Crippen LogP contribution in [0.5, 0.6) is 23.0 Å². The zero-order valence-corrected chi connectivity index (χ0v) is 44.1. The predicted molar refractivity (Wildman–Crippen MR) is 288 cm³/mol. The standard InChI is InChI=1S/C58H74N4O8S2/c1-3-5-7-9-13-17-21-41-65-49-33-29-47(30-34-49)55(63)67-51-37-25-45(26-38-51)53-59-61-57(69-53)71-43-23-19-15-11-12-16-20-24-44-72-58-62-60-54(70-58)46-27-39-52(40-28-46)68-56(64)48-31-35-50(36-32-48)66-42-22-18-14-10-8-6-4-2/h25-40H,3-24,41-44H2,1-2H3. The fourth-order valence-corrected chi connectivity index (χ4v) is 9.41. The van der Waals surface area contributed by atoms with E-state index in [9.17, 15) is 9.59 Å². The Labute approximate surface area is 435 Å². The molecule has 0 radical (unpaired) electrons. The summed E-state index contributed by atoms with van der Waals surface area (Å²) in [7, 11) is 0. The second kappa shape index (κ2) is 33.2. The van der Waals surface area contributed by atoms with E-state index < -0.39 is 11.9 Å². The van der Waals surface area contributed by atoms with Crippen LogP contribution in [0.1, 0.15) is 176 Å². The summed E-state index contributed by atoms with van der Waals surface area (Å²) in [5, 5.41) is 18.0. The summed E-state index contributed by atoms with van der Waals surface area (Å²) in [6.07, 6.45) is 26.7. The van der Waals surface area contributed by atoms with Crippen LogP contribution in [0, 0.1) is 0 Å². The Kier molecular flexibility index (Phi) is 25.7. The largest absolute Gasteiger partial charge is 0.494 e. The maximum atomic E-state index is 12.8. The van der Waals surface area contributed by atoms with Crippen molar-refractivity contribution in [2.75, 3.05) is 24.7 Å². The molecule has 12 nitrogen and oxygen atoms in total. The number of aromatic nitrogens is 4. The van der Waals surface area contributed by atoms with Crippen LogP contribution in [0.2, 0.25) is 0 Å². The molecule has 386 valence electrons. The van der Waals surface area contributed by atoms with Crippen molar-refractivity contribution in [3.8, 4) is 45.9 Å². The van der Waals surface area contributed by atoms with Gasteiger partial charge < -0.3 is 27.8 Å². The fraction of sp³-hybridized carbons (Fsp3) is 0.483. The average molecular weight is 1020 g/mol. The lowest BCUT2D eigenvalue weighted by atomic mass is 10.1. The van der Waals surface area contributed by atoms with Crippen LogP contribution in [0.25, 0.3) is 22.9 Å². The van der Waals surface area contributed by atoms with Gasteiger partial charge in [0.15, 0.2) is 0 Å². The number of nitrogens with zero attached hydrogens (tertiary/aromatic N) is 4. The van der Waals surface area contributed by atoms with E-state index in [-0.39, 0.29) is 0 Å². The van der Waals surface area contributed by atoms with E-state index in [1.165, 1.54) is 116 Å². The molecule has 0 fully saturated rings. The lowest BCUT2D eigenvalue weighted by Crippen LogP contribution is -2.08. The van der Waals surface area contributed by atoms with E-state index >= 15 is 0 Å². The van der Waals surface area contributed by atoms with Crippen LogP contribution in [0.4, 0.5) is 0 Å². The molecule has 0 aliphatic carbocycles. The summed E-state index contributed by atoms with van der Waals surface area (Å²) >= 11 is 3.16. The van der Waals surface area contributed by atoms with Gasteiger partial charge in [-0.05, 0) is 123 Å². The van der Waals surface area contributed by atoms with Gasteiger partial charge in [-0.2, -0.15) is 0 Å². The first kappa shape index (κ1) is 55.7. The summed E-state index contributed by atoms with van der Waals surface area (Å²) in [6.45, 7) is 5.83. The van der Waals surface area contributed by atoms with Crippen LogP contribution in [-0.2, 0) is 0 Å². The zero-order valence-electron chi connectivity index (χ0n) is 42.5. The van der Waals surface area contributed by atoms with Gasteiger partial charge in [0.2, 0.25) is 11.8 Å². The molecule has 0 aliphatic heterocycles. The maximum Gasteiger partial charge on any atom is 0.343 e. The van der Waals surface area contributed by atoms with Gasteiger partial charge in [0.05, 0.1) is 24.3 Å². The number of ether oxygens (including phenoxy) is 4. The van der Waals surface area contributed by atoms with Crippen molar-refractivity contribution in [3.05, 3.63) is 108 Å². The third-order valence-electron chi connectivity index (χ3n) is 12.1. The van der Waals surface area contributed by atoms with Crippen molar-refractivity contribution >= 4 is 35.5 Å². The Morgan fingerprint density at radius 1 is 0.389 bits per heavy atom. The third-order valence-corrected chi connectivity index (χ3v) is 13.9. The Morgan fingerprint density at radius 2 is 0.708 bits per heavy atom. The first-order chi connectivity index (χ1) is 35.5. The highest BCUT2D eigenvalue weighted by Gasteiger charge is 2.15. The number of unbranched alkanes of at least 4 members (excludes halogenated alkanes) is 19. The third kappa shape index (κ3) is 20.9. The minimum absolute atomic E-state index is 0.428. The van der Waals surface area contributed by atoms with E-state index in [0.717, 1.165) is 59.8 Å².